The van der Waals surface area contributed by atoms with Crippen LogP contribution in [0.15, 0.2) is 24.3 Å². The zero-order valence-corrected chi connectivity index (χ0v) is 16.8. The molecule has 5 heteroatoms. The topological polar surface area (TPSA) is 48.0 Å². The minimum Gasteiger partial charge on any atom is -0.490 e. The Bertz CT molecular complexity index is 567. The monoisotopic (exact) mass is 363 g/mol. The van der Waals surface area contributed by atoms with Crippen molar-refractivity contribution in [2.24, 2.45) is 0 Å². The first-order valence-corrected chi connectivity index (χ1v) is 9.48. The average Bonchev–Trinajstić information content (AvgIpc) is 2.65. The smallest absolute Gasteiger partial charge is 0.246 e. The van der Waals surface area contributed by atoms with Gasteiger partial charge in [0.1, 0.15) is 0 Å². The number of hydrogen-bond acceptors (Lipinski definition) is 4. The lowest BCUT2D eigenvalue weighted by molar-refractivity contribution is -0.129. The number of carbonyl (C=O) groups is 1. The highest BCUT2D eigenvalue weighted by molar-refractivity contribution is 5.92. The van der Waals surface area contributed by atoms with Gasteiger partial charge in [0.2, 0.25) is 5.91 Å². The van der Waals surface area contributed by atoms with Crippen LogP contribution in [0.5, 0.6) is 11.5 Å². The highest BCUT2D eigenvalue weighted by atomic mass is 16.5. The summed E-state index contributed by atoms with van der Waals surface area (Å²) in [6.45, 7) is 10.4. The quantitative estimate of drug-likeness (QED) is 0.523. The predicted molar refractivity (Wildman–Crippen MR) is 106 cm³/mol. The highest BCUT2D eigenvalue weighted by Gasteiger charge is 2.18. The molecule has 1 rings (SSSR count). The maximum atomic E-state index is 12.7. The van der Waals surface area contributed by atoms with Crippen LogP contribution < -0.4 is 9.47 Å². The van der Waals surface area contributed by atoms with Gasteiger partial charge in [0, 0.05) is 25.8 Å². The molecule has 5 nitrogen and oxygen atoms in total. The van der Waals surface area contributed by atoms with Gasteiger partial charge in [-0.3, -0.25) is 4.79 Å². The molecule has 0 aromatic heterocycles. The summed E-state index contributed by atoms with van der Waals surface area (Å²) in [7, 11) is 1.65. The molecule has 146 valence electrons. The zero-order chi connectivity index (χ0) is 19.4. The first kappa shape index (κ1) is 22.0. The van der Waals surface area contributed by atoms with E-state index in [4.69, 9.17) is 14.2 Å². The van der Waals surface area contributed by atoms with Crippen molar-refractivity contribution in [2.45, 2.75) is 46.6 Å². The third-order valence-corrected chi connectivity index (χ3v) is 4.19. The van der Waals surface area contributed by atoms with Crippen molar-refractivity contribution < 1.29 is 19.0 Å². The lowest BCUT2D eigenvalue weighted by Gasteiger charge is -2.29. The standard InChI is InChI=1S/C21H33NO4/c1-6-18(7-2)22(14-15-24-5)21(23)13-11-17-10-12-19(25-8-3)20(16-17)26-9-4/h10-13,16,18H,6-9,14-15H2,1-5H3/b13-11+. The van der Waals surface area contributed by atoms with Crippen molar-refractivity contribution in [3.63, 3.8) is 0 Å². The molecule has 0 heterocycles. The van der Waals surface area contributed by atoms with Crippen LogP contribution in [0.4, 0.5) is 0 Å². The summed E-state index contributed by atoms with van der Waals surface area (Å²) in [5, 5.41) is 0. The highest BCUT2D eigenvalue weighted by Crippen LogP contribution is 2.29. The third-order valence-electron chi connectivity index (χ3n) is 4.19. The van der Waals surface area contributed by atoms with Gasteiger partial charge in [-0.25, -0.2) is 0 Å². The summed E-state index contributed by atoms with van der Waals surface area (Å²) in [5.41, 5.74) is 0.904. The van der Waals surface area contributed by atoms with Gasteiger partial charge >= 0.3 is 0 Å². The molecule has 26 heavy (non-hydrogen) atoms. The molecule has 0 radical (unpaired) electrons. The molecular weight excluding hydrogens is 330 g/mol. The van der Waals surface area contributed by atoms with Crippen molar-refractivity contribution in [3.8, 4) is 11.5 Å². The molecule has 1 aromatic carbocycles. The van der Waals surface area contributed by atoms with Gasteiger partial charge in [-0.2, -0.15) is 0 Å². The molecule has 0 saturated heterocycles. The minimum absolute atomic E-state index is 0.00240. The lowest BCUT2D eigenvalue weighted by atomic mass is 10.1. The summed E-state index contributed by atoms with van der Waals surface area (Å²) in [4.78, 5) is 14.6. The molecule has 0 aliphatic heterocycles. The predicted octanol–water partition coefficient (Wildman–Crippen LogP) is 4.16. The van der Waals surface area contributed by atoms with Crippen LogP contribution in [0.2, 0.25) is 0 Å². The van der Waals surface area contributed by atoms with Crippen molar-refractivity contribution in [1.29, 1.82) is 0 Å². The van der Waals surface area contributed by atoms with Gasteiger partial charge in [0.25, 0.3) is 0 Å². The van der Waals surface area contributed by atoms with Crippen LogP contribution in [0.25, 0.3) is 6.08 Å². The summed E-state index contributed by atoms with van der Waals surface area (Å²) < 4.78 is 16.4. The third kappa shape index (κ3) is 6.71. The fourth-order valence-electron chi connectivity index (χ4n) is 2.83. The molecule has 0 saturated carbocycles. The van der Waals surface area contributed by atoms with Crippen molar-refractivity contribution in [1.82, 2.24) is 4.90 Å². The number of benzene rings is 1. The number of ether oxygens (including phenoxy) is 3. The molecular formula is C21H33NO4. The van der Waals surface area contributed by atoms with Crippen LogP contribution in [-0.2, 0) is 9.53 Å². The molecule has 0 atom stereocenters. The van der Waals surface area contributed by atoms with E-state index in [0.717, 1.165) is 24.2 Å². The van der Waals surface area contributed by atoms with E-state index >= 15 is 0 Å². The van der Waals surface area contributed by atoms with Gasteiger partial charge in [0.15, 0.2) is 11.5 Å². The molecule has 0 bridgehead atoms. The normalized spacial score (nSPS) is 11.2. The molecule has 1 amide bonds. The van der Waals surface area contributed by atoms with Crippen LogP contribution in [0.3, 0.4) is 0 Å². The second kappa shape index (κ2) is 12.4. The SMILES string of the molecule is CCOc1ccc(/C=C/C(=O)N(CCOC)C(CC)CC)cc1OCC. The van der Waals surface area contributed by atoms with E-state index in [1.54, 1.807) is 13.2 Å². The second-order valence-electron chi connectivity index (χ2n) is 5.90. The largest absolute Gasteiger partial charge is 0.490 e. The van der Waals surface area contributed by atoms with E-state index in [1.807, 2.05) is 43.0 Å². The van der Waals surface area contributed by atoms with Crippen LogP contribution >= 0.6 is 0 Å². The fourth-order valence-corrected chi connectivity index (χ4v) is 2.83. The Hall–Kier alpha value is -2.01. The van der Waals surface area contributed by atoms with E-state index in [9.17, 15) is 4.79 Å². The van der Waals surface area contributed by atoms with Crippen LogP contribution in [0.1, 0.15) is 46.1 Å². The number of amides is 1. The van der Waals surface area contributed by atoms with E-state index < -0.39 is 0 Å². The number of rotatable bonds is 12. The summed E-state index contributed by atoms with van der Waals surface area (Å²) in [6, 6.07) is 5.92. The van der Waals surface area contributed by atoms with Gasteiger partial charge < -0.3 is 19.1 Å². The second-order valence-corrected chi connectivity index (χ2v) is 5.90. The summed E-state index contributed by atoms with van der Waals surface area (Å²) >= 11 is 0. The molecule has 0 spiro atoms. The summed E-state index contributed by atoms with van der Waals surface area (Å²) in [6.07, 6.45) is 5.30. The number of methoxy groups -OCH3 is 1. The Morgan fingerprint density at radius 1 is 1.08 bits per heavy atom. The van der Waals surface area contributed by atoms with Crippen LogP contribution in [-0.4, -0.2) is 50.3 Å². The lowest BCUT2D eigenvalue weighted by Crippen LogP contribution is -2.40. The molecule has 1 aromatic rings. The molecule has 0 aliphatic carbocycles. The maximum Gasteiger partial charge on any atom is 0.246 e. The van der Waals surface area contributed by atoms with Crippen molar-refractivity contribution in [2.75, 3.05) is 33.5 Å². The van der Waals surface area contributed by atoms with E-state index in [0.29, 0.717) is 32.1 Å². The first-order chi connectivity index (χ1) is 12.6. The molecule has 0 fully saturated rings. The summed E-state index contributed by atoms with van der Waals surface area (Å²) in [5.74, 6) is 1.42. The number of hydrogen-bond donors (Lipinski definition) is 0. The van der Waals surface area contributed by atoms with E-state index in [2.05, 4.69) is 13.8 Å². The first-order valence-electron chi connectivity index (χ1n) is 9.48. The number of carbonyl (C=O) groups excluding carboxylic acids is 1. The minimum atomic E-state index is 0.00240. The fraction of sp³-hybridized carbons (Fsp3) is 0.571. The van der Waals surface area contributed by atoms with Crippen LogP contribution in [0, 0.1) is 0 Å². The van der Waals surface area contributed by atoms with Crippen molar-refractivity contribution >= 4 is 12.0 Å². The Balaban J connectivity index is 2.94. The Morgan fingerprint density at radius 2 is 1.73 bits per heavy atom. The Labute approximate surface area is 157 Å². The number of nitrogens with zero attached hydrogens (tertiary/aromatic N) is 1. The molecule has 0 aliphatic rings. The Kier molecular flexibility index (Phi) is 10.5. The van der Waals surface area contributed by atoms with E-state index in [1.165, 1.54) is 0 Å². The molecule has 0 N–H and O–H groups in total. The van der Waals surface area contributed by atoms with Gasteiger partial charge in [-0.1, -0.05) is 19.9 Å². The van der Waals surface area contributed by atoms with Gasteiger partial charge in [0.05, 0.1) is 19.8 Å². The van der Waals surface area contributed by atoms with Gasteiger partial charge in [-0.15, -0.1) is 0 Å². The maximum absolute atomic E-state index is 12.7. The van der Waals surface area contributed by atoms with Crippen molar-refractivity contribution in [3.05, 3.63) is 29.8 Å². The zero-order valence-electron chi connectivity index (χ0n) is 16.8. The molecule has 0 unspecified atom stereocenters. The van der Waals surface area contributed by atoms with E-state index in [-0.39, 0.29) is 11.9 Å². The van der Waals surface area contributed by atoms with Gasteiger partial charge in [-0.05, 0) is 50.5 Å². The Morgan fingerprint density at radius 3 is 2.31 bits per heavy atom. The average molecular weight is 363 g/mol.